The summed E-state index contributed by atoms with van der Waals surface area (Å²) < 4.78 is 26.7. The molecule has 0 aliphatic carbocycles. The van der Waals surface area contributed by atoms with E-state index in [-0.39, 0.29) is 19.4 Å². The van der Waals surface area contributed by atoms with Gasteiger partial charge in [0.2, 0.25) is 6.43 Å². The van der Waals surface area contributed by atoms with Crippen molar-refractivity contribution in [1.82, 2.24) is 0 Å². The van der Waals surface area contributed by atoms with Crippen LogP contribution in [0.15, 0.2) is 0 Å². The summed E-state index contributed by atoms with van der Waals surface area (Å²) in [6, 6.07) is 0. The van der Waals surface area contributed by atoms with E-state index in [0.29, 0.717) is 0 Å². The van der Waals surface area contributed by atoms with Gasteiger partial charge >= 0.3 is 6.16 Å². The highest BCUT2D eigenvalue weighted by atomic mass is 19.3. The maximum Gasteiger partial charge on any atom is 0.505 e. The summed E-state index contributed by atoms with van der Waals surface area (Å²) in [5, 5.41) is 7.87. The van der Waals surface area contributed by atoms with Crippen LogP contribution in [0.25, 0.3) is 0 Å². The zero-order chi connectivity index (χ0) is 7.98. The molecular weight excluding hydrogens is 146 g/mol. The molecule has 0 amide bonds. The molecule has 0 aromatic rings. The third-order valence-corrected chi connectivity index (χ3v) is 0.792. The second kappa shape index (κ2) is 4.96. The van der Waals surface area contributed by atoms with Crippen LogP contribution < -0.4 is 0 Å². The smallest absolute Gasteiger partial charge is 0.450 e. The number of carbonyl (C=O) groups is 1. The Balaban J connectivity index is 2.98. The molecule has 3 nitrogen and oxygen atoms in total. The fourth-order valence-corrected chi connectivity index (χ4v) is 0.397. The highest BCUT2D eigenvalue weighted by Gasteiger charge is 2.02. The minimum Gasteiger partial charge on any atom is -0.450 e. The van der Waals surface area contributed by atoms with Crippen molar-refractivity contribution in [3.8, 4) is 0 Å². The summed E-state index contributed by atoms with van der Waals surface area (Å²) in [6.07, 6.45) is -4.04. The van der Waals surface area contributed by atoms with E-state index >= 15 is 0 Å². The van der Waals surface area contributed by atoms with E-state index in [2.05, 4.69) is 4.74 Å². The van der Waals surface area contributed by atoms with E-state index in [9.17, 15) is 13.6 Å². The topological polar surface area (TPSA) is 46.5 Å². The van der Waals surface area contributed by atoms with E-state index in [1.165, 1.54) is 0 Å². The molecule has 0 aromatic heterocycles. The second-order valence-electron chi connectivity index (χ2n) is 1.65. The minimum atomic E-state index is -2.38. The van der Waals surface area contributed by atoms with Gasteiger partial charge in [-0.05, 0) is 6.42 Å². The number of hydrogen-bond acceptors (Lipinski definition) is 2. The van der Waals surface area contributed by atoms with Gasteiger partial charge < -0.3 is 9.84 Å². The number of rotatable bonds is 4. The van der Waals surface area contributed by atoms with Crippen LogP contribution in [0.5, 0.6) is 0 Å². The van der Waals surface area contributed by atoms with Crippen LogP contribution in [0.2, 0.25) is 0 Å². The van der Waals surface area contributed by atoms with Gasteiger partial charge in [-0.25, -0.2) is 13.6 Å². The second-order valence-corrected chi connectivity index (χ2v) is 1.65. The Hall–Kier alpha value is -0.870. The number of alkyl halides is 2. The first-order chi connectivity index (χ1) is 4.63. The lowest BCUT2D eigenvalue weighted by Gasteiger charge is -1.98. The summed E-state index contributed by atoms with van der Waals surface area (Å²) in [4.78, 5) is 9.63. The van der Waals surface area contributed by atoms with E-state index in [4.69, 9.17) is 5.11 Å². The Kier molecular flexibility index (Phi) is 4.53. The molecule has 1 N–H and O–H groups in total. The Morgan fingerprint density at radius 1 is 1.60 bits per heavy atom. The molecule has 0 heterocycles. The van der Waals surface area contributed by atoms with Crippen molar-refractivity contribution in [3.05, 3.63) is 0 Å². The Labute approximate surface area is 56.6 Å². The van der Waals surface area contributed by atoms with Gasteiger partial charge in [0.25, 0.3) is 0 Å². The predicted molar refractivity (Wildman–Crippen MR) is 29.2 cm³/mol. The highest BCUT2D eigenvalue weighted by Crippen LogP contribution is 2.02. The standard InChI is InChI=1S/C5H8F2O3/c6-4(7)2-1-3-10-5(8)9/h4H,1-3H2,(H,8,9). The molecule has 10 heavy (non-hydrogen) atoms. The molecule has 0 aromatic carbocycles. The molecule has 0 spiro atoms. The molecule has 0 fully saturated rings. The lowest BCUT2D eigenvalue weighted by Crippen LogP contribution is -2.03. The SMILES string of the molecule is O=C(O)OCCCC(F)F. The van der Waals surface area contributed by atoms with Gasteiger partial charge in [0.15, 0.2) is 0 Å². The molecule has 0 rings (SSSR count). The van der Waals surface area contributed by atoms with Crippen LogP contribution in [0.3, 0.4) is 0 Å². The van der Waals surface area contributed by atoms with Gasteiger partial charge in [0, 0.05) is 6.42 Å². The van der Waals surface area contributed by atoms with E-state index < -0.39 is 12.6 Å². The van der Waals surface area contributed by atoms with Crippen molar-refractivity contribution in [2.45, 2.75) is 19.3 Å². The maximum absolute atomic E-state index is 11.4. The molecular formula is C5H8F2O3. The first-order valence-corrected chi connectivity index (χ1v) is 2.77. The summed E-state index contributed by atoms with van der Waals surface area (Å²) in [6.45, 7) is -0.153. The van der Waals surface area contributed by atoms with Crippen LogP contribution in [0.4, 0.5) is 13.6 Å². The van der Waals surface area contributed by atoms with Crippen molar-refractivity contribution in [2.24, 2.45) is 0 Å². The third-order valence-electron chi connectivity index (χ3n) is 0.792. The first-order valence-electron chi connectivity index (χ1n) is 2.77. The largest absolute Gasteiger partial charge is 0.505 e. The average molecular weight is 154 g/mol. The van der Waals surface area contributed by atoms with Crippen molar-refractivity contribution < 1.29 is 23.4 Å². The number of ether oxygens (including phenoxy) is 1. The fraction of sp³-hybridized carbons (Fsp3) is 0.800. The Morgan fingerprint density at radius 3 is 2.60 bits per heavy atom. The van der Waals surface area contributed by atoms with Crippen molar-refractivity contribution in [1.29, 1.82) is 0 Å². The normalized spacial score (nSPS) is 9.90. The van der Waals surface area contributed by atoms with Crippen LogP contribution >= 0.6 is 0 Å². The summed E-state index contributed by atoms with van der Waals surface area (Å²) in [5.74, 6) is 0. The van der Waals surface area contributed by atoms with Gasteiger partial charge in [-0.2, -0.15) is 0 Å². The van der Waals surface area contributed by atoms with Crippen LogP contribution in [0, 0.1) is 0 Å². The van der Waals surface area contributed by atoms with E-state index in [0.717, 1.165) is 0 Å². The van der Waals surface area contributed by atoms with Gasteiger partial charge in [0.1, 0.15) is 0 Å². The van der Waals surface area contributed by atoms with Gasteiger partial charge in [-0.3, -0.25) is 0 Å². The lowest BCUT2D eigenvalue weighted by molar-refractivity contribution is 0.0782. The quantitative estimate of drug-likeness (QED) is 0.495. The molecule has 5 heteroatoms. The van der Waals surface area contributed by atoms with Crippen molar-refractivity contribution >= 4 is 6.16 Å². The molecule has 0 saturated heterocycles. The zero-order valence-electron chi connectivity index (χ0n) is 5.22. The van der Waals surface area contributed by atoms with Crippen molar-refractivity contribution in [3.63, 3.8) is 0 Å². The molecule has 0 bridgehead atoms. The minimum absolute atomic E-state index is 0.0734. The highest BCUT2D eigenvalue weighted by molar-refractivity contribution is 5.56. The third kappa shape index (κ3) is 7.13. The molecule has 0 saturated carbocycles. The summed E-state index contributed by atoms with van der Waals surface area (Å²) >= 11 is 0. The molecule has 60 valence electrons. The maximum atomic E-state index is 11.4. The molecule has 0 radical (unpaired) electrons. The van der Waals surface area contributed by atoms with Crippen LogP contribution in [-0.2, 0) is 4.74 Å². The first kappa shape index (κ1) is 9.13. The van der Waals surface area contributed by atoms with Gasteiger partial charge in [-0.1, -0.05) is 0 Å². The molecule has 0 aliphatic rings. The fourth-order valence-electron chi connectivity index (χ4n) is 0.397. The van der Waals surface area contributed by atoms with Crippen molar-refractivity contribution in [2.75, 3.05) is 6.61 Å². The molecule has 0 atom stereocenters. The number of carboxylic acid groups (broad SMARTS) is 1. The monoisotopic (exact) mass is 154 g/mol. The lowest BCUT2D eigenvalue weighted by atomic mass is 10.3. The van der Waals surface area contributed by atoms with Crippen LogP contribution in [-0.4, -0.2) is 24.3 Å². The summed E-state index contributed by atoms with van der Waals surface area (Å²) in [5.41, 5.74) is 0. The molecule has 0 unspecified atom stereocenters. The summed E-state index contributed by atoms with van der Waals surface area (Å²) in [7, 11) is 0. The van der Waals surface area contributed by atoms with E-state index in [1.54, 1.807) is 0 Å². The molecule has 0 aliphatic heterocycles. The van der Waals surface area contributed by atoms with E-state index in [1.807, 2.05) is 0 Å². The Morgan fingerprint density at radius 2 is 2.20 bits per heavy atom. The van der Waals surface area contributed by atoms with Crippen LogP contribution in [0.1, 0.15) is 12.8 Å². The predicted octanol–water partition coefficient (Wildman–Crippen LogP) is 1.73. The number of hydrogen-bond donors (Lipinski definition) is 1. The number of halogens is 2. The van der Waals surface area contributed by atoms with Gasteiger partial charge in [0.05, 0.1) is 6.61 Å². The zero-order valence-corrected chi connectivity index (χ0v) is 5.22. The average Bonchev–Trinajstić information content (AvgIpc) is 1.79. The van der Waals surface area contributed by atoms with Gasteiger partial charge in [-0.15, -0.1) is 0 Å². The Bertz CT molecular complexity index is 105.